The lowest BCUT2D eigenvalue weighted by Gasteiger charge is -2.25. The maximum absolute atomic E-state index is 13.0. The molecular formula is C19H19NO5. The summed E-state index contributed by atoms with van der Waals surface area (Å²) in [6.07, 6.45) is 3.75. The van der Waals surface area contributed by atoms with Crippen LogP contribution in [0, 0.1) is 11.8 Å². The van der Waals surface area contributed by atoms with E-state index in [-0.39, 0.29) is 18.4 Å². The summed E-state index contributed by atoms with van der Waals surface area (Å²) >= 11 is 0. The number of fused-ring (bicyclic) bond motifs is 5. The van der Waals surface area contributed by atoms with E-state index in [2.05, 4.69) is 0 Å². The normalized spacial score (nSPS) is 35.4. The van der Waals surface area contributed by atoms with E-state index < -0.39 is 29.0 Å². The molecule has 3 aliphatic rings. The van der Waals surface area contributed by atoms with E-state index in [0.717, 1.165) is 0 Å². The van der Waals surface area contributed by atoms with Crippen LogP contribution in [0.15, 0.2) is 36.4 Å². The summed E-state index contributed by atoms with van der Waals surface area (Å²) in [6.45, 7) is 5.65. The maximum atomic E-state index is 13.0. The molecule has 0 aliphatic carbocycles. The summed E-state index contributed by atoms with van der Waals surface area (Å²) in [6, 6.07) is 6.42. The van der Waals surface area contributed by atoms with E-state index in [1.807, 2.05) is 26.0 Å². The Kier molecular flexibility index (Phi) is 3.22. The summed E-state index contributed by atoms with van der Waals surface area (Å²) in [5.41, 5.74) is -0.826. The highest BCUT2D eigenvalue weighted by Crippen LogP contribution is 2.57. The standard InChI is InChI=1S/C19H19NO5/c1-4-24-17(23)11-6-5-7-12(10-11)20-15(21)13-14(16(20)22)19(3)9-8-18(13,2)25-19/h5-10,13-14H,4H2,1-3H3/t13-,14-,18-,19-/m1/s1. The van der Waals surface area contributed by atoms with E-state index in [1.165, 1.54) is 11.0 Å². The fourth-order valence-corrected chi connectivity index (χ4v) is 4.27. The van der Waals surface area contributed by atoms with Gasteiger partial charge in [-0.05, 0) is 39.0 Å². The highest BCUT2D eigenvalue weighted by Gasteiger charge is 2.70. The maximum Gasteiger partial charge on any atom is 0.338 e. The smallest absolute Gasteiger partial charge is 0.338 e. The molecule has 130 valence electrons. The number of carbonyl (C=O) groups is 3. The van der Waals surface area contributed by atoms with Crippen molar-refractivity contribution in [3.63, 3.8) is 0 Å². The van der Waals surface area contributed by atoms with Crippen molar-refractivity contribution in [1.82, 2.24) is 0 Å². The monoisotopic (exact) mass is 341 g/mol. The van der Waals surface area contributed by atoms with Gasteiger partial charge >= 0.3 is 5.97 Å². The second-order valence-corrected chi connectivity index (χ2v) is 7.04. The summed E-state index contributed by atoms with van der Waals surface area (Å²) in [5.74, 6) is -2.13. The first-order valence-electron chi connectivity index (χ1n) is 8.36. The molecule has 6 heteroatoms. The van der Waals surface area contributed by atoms with Gasteiger partial charge in [-0.25, -0.2) is 9.69 Å². The van der Waals surface area contributed by atoms with E-state index >= 15 is 0 Å². The van der Waals surface area contributed by atoms with Crippen LogP contribution < -0.4 is 4.90 Å². The number of rotatable bonds is 3. The summed E-state index contributed by atoms with van der Waals surface area (Å²) < 4.78 is 11.0. The van der Waals surface area contributed by atoms with Crippen molar-refractivity contribution >= 4 is 23.5 Å². The third kappa shape index (κ3) is 2.03. The third-order valence-electron chi connectivity index (χ3n) is 5.34. The number of anilines is 1. The van der Waals surface area contributed by atoms with Crippen LogP contribution in [0.5, 0.6) is 0 Å². The van der Waals surface area contributed by atoms with E-state index in [0.29, 0.717) is 11.3 Å². The van der Waals surface area contributed by atoms with Gasteiger partial charge in [-0.1, -0.05) is 18.2 Å². The lowest BCUT2D eigenvalue weighted by Crippen LogP contribution is -2.39. The first-order valence-corrected chi connectivity index (χ1v) is 8.36. The molecule has 2 saturated heterocycles. The Morgan fingerprint density at radius 2 is 1.76 bits per heavy atom. The molecule has 2 fully saturated rings. The number of hydrogen-bond donors (Lipinski definition) is 0. The van der Waals surface area contributed by atoms with Crippen LogP contribution >= 0.6 is 0 Å². The molecule has 2 amide bonds. The zero-order valence-electron chi connectivity index (χ0n) is 14.3. The quantitative estimate of drug-likeness (QED) is 0.478. The highest BCUT2D eigenvalue weighted by molar-refractivity contribution is 6.23. The second-order valence-electron chi connectivity index (χ2n) is 7.04. The van der Waals surface area contributed by atoms with E-state index in [4.69, 9.17) is 9.47 Å². The zero-order valence-corrected chi connectivity index (χ0v) is 14.3. The average molecular weight is 341 g/mol. The van der Waals surface area contributed by atoms with Crippen molar-refractivity contribution in [2.24, 2.45) is 11.8 Å². The number of amides is 2. The molecule has 1 aromatic rings. The lowest BCUT2D eigenvalue weighted by atomic mass is 9.73. The van der Waals surface area contributed by atoms with Gasteiger partial charge < -0.3 is 9.47 Å². The Morgan fingerprint density at radius 3 is 2.32 bits per heavy atom. The van der Waals surface area contributed by atoms with Crippen molar-refractivity contribution < 1.29 is 23.9 Å². The van der Waals surface area contributed by atoms with Gasteiger partial charge in [0, 0.05) is 0 Å². The van der Waals surface area contributed by atoms with Crippen LogP contribution in [0.4, 0.5) is 5.69 Å². The van der Waals surface area contributed by atoms with Crippen molar-refractivity contribution in [3.05, 3.63) is 42.0 Å². The minimum Gasteiger partial charge on any atom is -0.462 e. The minimum absolute atomic E-state index is 0.258. The first kappa shape index (κ1) is 16.0. The largest absolute Gasteiger partial charge is 0.462 e. The zero-order chi connectivity index (χ0) is 18.0. The van der Waals surface area contributed by atoms with Gasteiger partial charge in [0.2, 0.25) is 11.8 Å². The number of carbonyl (C=O) groups excluding carboxylic acids is 3. The fourth-order valence-electron chi connectivity index (χ4n) is 4.27. The van der Waals surface area contributed by atoms with Crippen molar-refractivity contribution in [2.45, 2.75) is 32.0 Å². The molecule has 0 spiro atoms. The minimum atomic E-state index is -0.764. The van der Waals surface area contributed by atoms with Crippen molar-refractivity contribution in [1.29, 1.82) is 0 Å². The van der Waals surface area contributed by atoms with Gasteiger partial charge in [0.25, 0.3) is 0 Å². The van der Waals surface area contributed by atoms with Gasteiger partial charge in [-0.3, -0.25) is 9.59 Å². The molecule has 0 N–H and O–H groups in total. The van der Waals surface area contributed by atoms with Crippen molar-refractivity contribution in [2.75, 3.05) is 11.5 Å². The number of esters is 1. The van der Waals surface area contributed by atoms with Crippen LogP contribution in [-0.4, -0.2) is 35.6 Å². The SMILES string of the molecule is CCOC(=O)c1cccc(N2C(=O)[C@H]3[C@H](C2=O)[C@@]2(C)C=C[C@@]3(C)O2)c1. The Balaban J connectivity index is 1.72. The molecule has 4 atom stereocenters. The number of nitrogens with zero attached hydrogens (tertiary/aromatic N) is 1. The number of benzene rings is 1. The van der Waals surface area contributed by atoms with Gasteiger partial charge in [-0.15, -0.1) is 0 Å². The molecule has 0 radical (unpaired) electrons. The Morgan fingerprint density at radius 1 is 1.16 bits per heavy atom. The van der Waals surface area contributed by atoms with E-state index in [9.17, 15) is 14.4 Å². The molecule has 6 nitrogen and oxygen atoms in total. The molecule has 3 aliphatic heterocycles. The highest BCUT2D eigenvalue weighted by atomic mass is 16.5. The predicted octanol–water partition coefficient (Wildman–Crippen LogP) is 2.09. The molecule has 25 heavy (non-hydrogen) atoms. The summed E-state index contributed by atoms with van der Waals surface area (Å²) in [7, 11) is 0. The fraction of sp³-hybridized carbons (Fsp3) is 0.421. The predicted molar refractivity (Wildman–Crippen MR) is 88.9 cm³/mol. The molecule has 0 aromatic heterocycles. The Labute approximate surface area is 145 Å². The van der Waals surface area contributed by atoms with Gasteiger partial charge in [0.1, 0.15) is 0 Å². The molecule has 0 saturated carbocycles. The van der Waals surface area contributed by atoms with Crippen LogP contribution in [-0.2, 0) is 19.1 Å². The number of ether oxygens (including phenoxy) is 2. The molecule has 3 heterocycles. The summed E-state index contributed by atoms with van der Waals surface area (Å²) in [5, 5.41) is 0. The molecule has 2 bridgehead atoms. The molecule has 1 aromatic carbocycles. The van der Waals surface area contributed by atoms with E-state index in [1.54, 1.807) is 25.1 Å². The average Bonchev–Trinajstić information content (AvgIpc) is 3.12. The van der Waals surface area contributed by atoms with Gasteiger partial charge in [0.15, 0.2) is 0 Å². The number of hydrogen-bond acceptors (Lipinski definition) is 5. The van der Waals surface area contributed by atoms with Crippen LogP contribution in [0.2, 0.25) is 0 Å². The first-order chi connectivity index (χ1) is 11.8. The topological polar surface area (TPSA) is 72.9 Å². The van der Waals surface area contributed by atoms with Crippen molar-refractivity contribution in [3.8, 4) is 0 Å². The second kappa shape index (κ2) is 5.02. The van der Waals surface area contributed by atoms with Crippen LogP contribution in [0.25, 0.3) is 0 Å². The number of imide groups is 1. The lowest BCUT2D eigenvalue weighted by molar-refractivity contribution is -0.128. The molecular weight excluding hydrogens is 322 g/mol. The summed E-state index contributed by atoms with van der Waals surface area (Å²) in [4.78, 5) is 39.2. The van der Waals surface area contributed by atoms with Crippen LogP contribution in [0.3, 0.4) is 0 Å². The van der Waals surface area contributed by atoms with Gasteiger partial charge in [0.05, 0.1) is 40.9 Å². The molecule has 0 unspecified atom stereocenters. The molecule has 4 rings (SSSR count). The van der Waals surface area contributed by atoms with Gasteiger partial charge in [-0.2, -0.15) is 0 Å². The third-order valence-corrected chi connectivity index (χ3v) is 5.34. The van der Waals surface area contributed by atoms with Crippen LogP contribution in [0.1, 0.15) is 31.1 Å². The Hall–Kier alpha value is -2.47. The Bertz CT molecular complexity index is 795.